The Kier molecular flexibility index (Phi) is 3.10. The summed E-state index contributed by atoms with van der Waals surface area (Å²) in [5.41, 5.74) is -0.271. The summed E-state index contributed by atoms with van der Waals surface area (Å²) in [6.07, 6.45) is 0. The summed E-state index contributed by atoms with van der Waals surface area (Å²) >= 11 is 6.11. The second kappa shape index (κ2) is 4.79. The van der Waals surface area contributed by atoms with Crippen molar-refractivity contribution in [2.24, 2.45) is 0 Å². The maximum atomic E-state index is 13.3. The summed E-state index contributed by atoms with van der Waals surface area (Å²) in [6.45, 7) is 2.27. The first-order valence-corrected chi connectivity index (χ1v) is 6.30. The normalized spacial score (nSPS) is 13.3. The summed E-state index contributed by atoms with van der Waals surface area (Å²) < 4.78 is 24.2. The minimum atomic E-state index is -0.891. The first-order chi connectivity index (χ1) is 9.56. The molecule has 2 heterocycles. The molecular weight excluding hydrogens is 287 g/mol. The van der Waals surface area contributed by atoms with Crippen molar-refractivity contribution in [3.05, 3.63) is 39.0 Å². The van der Waals surface area contributed by atoms with Gasteiger partial charge in [0.15, 0.2) is 11.5 Å². The fraction of sp³-hybridized carbons (Fsp3) is 0.231. The first kappa shape index (κ1) is 12.9. The Morgan fingerprint density at radius 1 is 1.35 bits per heavy atom. The number of hydrogen-bond acceptors (Lipinski definition) is 4. The van der Waals surface area contributed by atoms with Gasteiger partial charge in [-0.3, -0.25) is 4.79 Å². The lowest BCUT2D eigenvalue weighted by Gasteiger charge is -2.20. The number of nitrogens with zero attached hydrogens (tertiary/aromatic N) is 1. The molecule has 0 fully saturated rings. The Labute approximate surface area is 118 Å². The lowest BCUT2D eigenvalue weighted by Crippen LogP contribution is -2.17. The first-order valence-electron chi connectivity index (χ1n) is 5.92. The molecule has 0 aliphatic carbocycles. The summed E-state index contributed by atoms with van der Waals surface area (Å²) in [7, 11) is 0. The number of ether oxygens (including phenoxy) is 2. The minimum Gasteiger partial charge on any atom is -0.486 e. The van der Waals surface area contributed by atoms with E-state index in [4.69, 9.17) is 21.1 Å². The minimum absolute atomic E-state index is 0.0229. The number of aromatic nitrogens is 2. The third-order valence-electron chi connectivity index (χ3n) is 2.90. The van der Waals surface area contributed by atoms with Gasteiger partial charge >= 0.3 is 0 Å². The van der Waals surface area contributed by atoms with Gasteiger partial charge in [0.2, 0.25) is 5.82 Å². The smallest absolute Gasteiger partial charge is 0.287 e. The summed E-state index contributed by atoms with van der Waals surface area (Å²) in [4.78, 5) is 17.8. The van der Waals surface area contributed by atoms with E-state index in [0.717, 1.165) is 0 Å². The zero-order valence-electron chi connectivity index (χ0n) is 10.5. The Bertz CT molecular complexity index is 745. The molecule has 0 unspecified atom stereocenters. The van der Waals surface area contributed by atoms with Crippen LogP contribution in [0.3, 0.4) is 0 Å². The number of aryl methyl sites for hydroxylation is 1. The molecule has 1 aliphatic heterocycles. The molecule has 3 rings (SSSR count). The van der Waals surface area contributed by atoms with Crippen LogP contribution in [0.25, 0.3) is 11.4 Å². The van der Waals surface area contributed by atoms with Crippen LogP contribution < -0.4 is 15.0 Å². The number of nitrogens with one attached hydrogen (secondary N) is 1. The van der Waals surface area contributed by atoms with E-state index in [0.29, 0.717) is 35.3 Å². The molecule has 0 radical (unpaired) electrons. The largest absolute Gasteiger partial charge is 0.486 e. The van der Waals surface area contributed by atoms with Gasteiger partial charge in [-0.1, -0.05) is 11.6 Å². The summed E-state index contributed by atoms with van der Waals surface area (Å²) in [5.74, 6) is 0.274. The van der Waals surface area contributed by atoms with Gasteiger partial charge in [0.25, 0.3) is 5.56 Å². The van der Waals surface area contributed by atoms with Crippen LogP contribution in [0.1, 0.15) is 5.69 Å². The topological polar surface area (TPSA) is 64.2 Å². The van der Waals surface area contributed by atoms with Crippen LogP contribution in [0.4, 0.5) is 4.39 Å². The monoisotopic (exact) mass is 296 g/mol. The predicted molar refractivity (Wildman–Crippen MR) is 71.0 cm³/mol. The van der Waals surface area contributed by atoms with Gasteiger partial charge in [-0.25, -0.2) is 4.98 Å². The van der Waals surface area contributed by atoms with E-state index in [2.05, 4.69) is 9.97 Å². The van der Waals surface area contributed by atoms with Crippen LogP contribution in [0.2, 0.25) is 5.02 Å². The lowest BCUT2D eigenvalue weighted by atomic mass is 10.1. The fourth-order valence-electron chi connectivity index (χ4n) is 1.96. The van der Waals surface area contributed by atoms with Crippen molar-refractivity contribution in [2.45, 2.75) is 6.92 Å². The number of rotatable bonds is 1. The molecule has 0 atom stereocenters. The number of aromatic amines is 1. The second-order valence-electron chi connectivity index (χ2n) is 4.30. The van der Waals surface area contributed by atoms with Gasteiger partial charge in [-0.05, 0) is 19.1 Å². The quantitative estimate of drug-likeness (QED) is 0.877. The highest BCUT2D eigenvalue weighted by atomic mass is 35.5. The van der Waals surface area contributed by atoms with Gasteiger partial charge in [0.05, 0.1) is 10.7 Å². The zero-order chi connectivity index (χ0) is 14.3. The number of benzene rings is 1. The maximum absolute atomic E-state index is 13.3. The number of halogens is 2. The highest BCUT2D eigenvalue weighted by molar-refractivity contribution is 6.32. The molecule has 0 spiro atoms. The van der Waals surface area contributed by atoms with Gasteiger partial charge in [-0.15, -0.1) is 0 Å². The van der Waals surface area contributed by atoms with E-state index in [9.17, 15) is 9.18 Å². The molecule has 20 heavy (non-hydrogen) atoms. The summed E-state index contributed by atoms with van der Waals surface area (Å²) in [5, 5.41) is 0.349. The molecule has 5 nitrogen and oxygen atoms in total. The van der Waals surface area contributed by atoms with Crippen molar-refractivity contribution in [1.82, 2.24) is 9.97 Å². The lowest BCUT2D eigenvalue weighted by molar-refractivity contribution is 0.172. The second-order valence-corrected chi connectivity index (χ2v) is 4.70. The van der Waals surface area contributed by atoms with Crippen molar-refractivity contribution in [3.8, 4) is 22.9 Å². The van der Waals surface area contributed by atoms with Crippen LogP contribution >= 0.6 is 11.6 Å². The molecule has 0 bridgehead atoms. The SMILES string of the molecule is Cc1nc(-c2cc(Cl)c3c(c2)OCCO3)[nH]c(=O)c1F. The highest BCUT2D eigenvalue weighted by Crippen LogP contribution is 2.40. The van der Waals surface area contributed by atoms with E-state index in [1.807, 2.05) is 0 Å². The van der Waals surface area contributed by atoms with Gasteiger partial charge in [0, 0.05) is 5.56 Å². The van der Waals surface area contributed by atoms with E-state index >= 15 is 0 Å². The average Bonchev–Trinajstić information content (AvgIpc) is 2.44. The maximum Gasteiger partial charge on any atom is 0.287 e. The molecule has 1 aromatic carbocycles. The van der Waals surface area contributed by atoms with Crippen LogP contribution in [0.15, 0.2) is 16.9 Å². The Balaban J connectivity index is 2.16. The van der Waals surface area contributed by atoms with Crippen LogP contribution in [0.5, 0.6) is 11.5 Å². The van der Waals surface area contributed by atoms with E-state index in [1.165, 1.54) is 6.92 Å². The molecule has 104 valence electrons. The molecule has 0 saturated carbocycles. The number of H-pyrrole nitrogens is 1. The van der Waals surface area contributed by atoms with E-state index < -0.39 is 11.4 Å². The summed E-state index contributed by atoms with van der Waals surface area (Å²) in [6, 6.07) is 3.24. The number of hydrogen-bond donors (Lipinski definition) is 1. The standard InChI is InChI=1S/C13H10ClFN2O3/c1-6-10(15)13(18)17-12(16-6)7-4-8(14)11-9(5-7)19-2-3-20-11/h4-5H,2-3H2,1H3,(H,16,17,18). The van der Waals surface area contributed by atoms with Crippen molar-refractivity contribution in [3.63, 3.8) is 0 Å². The molecule has 2 aromatic rings. The van der Waals surface area contributed by atoms with Crippen LogP contribution in [-0.4, -0.2) is 23.2 Å². The van der Waals surface area contributed by atoms with Crippen LogP contribution in [0, 0.1) is 12.7 Å². The molecule has 0 amide bonds. The molecule has 1 N–H and O–H groups in total. The molecule has 1 aliphatic rings. The van der Waals surface area contributed by atoms with Crippen molar-refractivity contribution in [2.75, 3.05) is 13.2 Å². The van der Waals surface area contributed by atoms with E-state index in [1.54, 1.807) is 12.1 Å². The van der Waals surface area contributed by atoms with Crippen molar-refractivity contribution in [1.29, 1.82) is 0 Å². The van der Waals surface area contributed by atoms with Crippen LogP contribution in [-0.2, 0) is 0 Å². The Hall–Kier alpha value is -2.08. The third kappa shape index (κ3) is 2.12. The zero-order valence-corrected chi connectivity index (χ0v) is 11.3. The molecule has 1 aromatic heterocycles. The van der Waals surface area contributed by atoms with Gasteiger partial charge in [-0.2, -0.15) is 4.39 Å². The Morgan fingerprint density at radius 2 is 2.10 bits per heavy atom. The average molecular weight is 297 g/mol. The van der Waals surface area contributed by atoms with Gasteiger partial charge < -0.3 is 14.5 Å². The van der Waals surface area contributed by atoms with Gasteiger partial charge in [0.1, 0.15) is 19.0 Å². The third-order valence-corrected chi connectivity index (χ3v) is 3.18. The van der Waals surface area contributed by atoms with Crippen molar-refractivity contribution < 1.29 is 13.9 Å². The fourth-order valence-corrected chi connectivity index (χ4v) is 2.22. The molecule has 0 saturated heterocycles. The molecular formula is C13H10ClFN2O3. The highest BCUT2D eigenvalue weighted by Gasteiger charge is 2.18. The van der Waals surface area contributed by atoms with Crippen molar-refractivity contribution >= 4 is 11.6 Å². The Morgan fingerprint density at radius 3 is 2.85 bits per heavy atom. The molecule has 7 heteroatoms. The van der Waals surface area contributed by atoms with E-state index in [-0.39, 0.29) is 11.5 Å². The predicted octanol–water partition coefficient (Wildman–Crippen LogP) is 2.31. The number of fused-ring (bicyclic) bond motifs is 1.